The van der Waals surface area contributed by atoms with Gasteiger partial charge in [0.1, 0.15) is 0 Å². The lowest BCUT2D eigenvalue weighted by Crippen LogP contribution is -2.34. The number of nitrogens with one attached hydrogen (secondary N) is 3. The maximum absolute atomic E-state index is 12.8. The maximum Gasteiger partial charge on any atom is 0.319 e. The summed E-state index contributed by atoms with van der Waals surface area (Å²) in [4.78, 5) is 27.5. The molecule has 0 spiro atoms. The van der Waals surface area contributed by atoms with E-state index in [1.165, 1.54) is 28.9 Å². The van der Waals surface area contributed by atoms with Crippen molar-refractivity contribution in [3.63, 3.8) is 0 Å². The number of hydrogen-bond acceptors (Lipinski definition) is 5. The van der Waals surface area contributed by atoms with Crippen LogP contribution in [0.25, 0.3) is 0 Å². The molecular formula is C26H31N5O2S. The Morgan fingerprint density at radius 3 is 2.50 bits per heavy atom. The van der Waals surface area contributed by atoms with E-state index < -0.39 is 0 Å². The van der Waals surface area contributed by atoms with Gasteiger partial charge in [0.05, 0.1) is 17.4 Å². The highest BCUT2D eigenvalue weighted by atomic mass is 32.1. The molecule has 3 aromatic rings. The minimum atomic E-state index is -0.239. The first-order valence-electron chi connectivity index (χ1n) is 11.5. The molecular weight excluding hydrogens is 446 g/mol. The van der Waals surface area contributed by atoms with Crippen LogP contribution in [0.5, 0.6) is 0 Å². The molecule has 178 valence electrons. The van der Waals surface area contributed by atoms with Gasteiger partial charge < -0.3 is 26.6 Å². The zero-order chi connectivity index (χ0) is 24.1. The zero-order valence-electron chi connectivity index (χ0n) is 19.6. The number of fused-ring (bicyclic) bond motifs is 1. The topological polar surface area (TPSA) is 99.5 Å². The molecule has 4 rings (SSSR count). The summed E-state index contributed by atoms with van der Waals surface area (Å²) in [6.07, 6.45) is 4.09. The number of urea groups is 1. The summed E-state index contributed by atoms with van der Waals surface area (Å²) < 4.78 is 0. The van der Waals surface area contributed by atoms with Crippen molar-refractivity contribution in [1.82, 2.24) is 10.2 Å². The van der Waals surface area contributed by atoms with Crippen molar-refractivity contribution in [3.8, 4) is 0 Å². The average Bonchev–Trinajstić information content (AvgIpc) is 3.45. The van der Waals surface area contributed by atoms with Crippen LogP contribution in [0, 0.1) is 0 Å². The van der Waals surface area contributed by atoms with E-state index in [2.05, 4.69) is 33.0 Å². The van der Waals surface area contributed by atoms with Gasteiger partial charge in [0.15, 0.2) is 0 Å². The van der Waals surface area contributed by atoms with Crippen LogP contribution in [0.1, 0.15) is 45.9 Å². The molecule has 8 heteroatoms. The van der Waals surface area contributed by atoms with E-state index in [1.807, 2.05) is 37.7 Å². The van der Waals surface area contributed by atoms with Gasteiger partial charge in [-0.3, -0.25) is 4.79 Å². The van der Waals surface area contributed by atoms with E-state index in [0.717, 1.165) is 37.1 Å². The van der Waals surface area contributed by atoms with Crippen LogP contribution in [0.15, 0.2) is 53.2 Å². The number of amides is 3. The van der Waals surface area contributed by atoms with Gasteiger partial charge in [-0.05, 0) is 87.3 Å². The van der Waals surface area contributed by atoms with Crippen molar-refractivity contribution in [2.45, 2.75) is 31.7 Å². The number of carbonyl (C=O) groups excluding carboxylic acids is 2. The van der Waals surface area contributed by atoms with Crippen molar-refractivity contribution >= 4 is 40.3 Å². The zero-order valence-corrected chi connectivity index (χ0v) is 20.4. The number of carbonyl (C=O) groups is 2. The van der Waals surface area contributed by atoms with Crippen molar-refractivity contribution in [2.24, 2.45) is 0 Å². The number of aryl methyl sites for hydroxylation is 2. The van der Waals surface area contributed by atoms with Crippen LogP contribution < -0.4 is 21.7 Å². The number of thiophene rings is 1. The molecule has 7 nitrogen and oxygen atoms in total. The Hall–Kier alpha value is -3.36. The van der Waals surface area contributed by atoms with Gasteiger partial charge in [0.25, 0.3) is 5.91 Å². The van der Waals surface area contributed by atoms with Gasteiger partial charge in [-0.25, -0.2) is 4.79 Å². The summed E-state index contributed by atoms with van der Waals surface area (Å²) in [5.74, 6) is -0.219. The van der Waals surface area contributed by atoms with E-state index in [1.54, 1.807) is 17.5 Å². The molecule has 3 amide bonds. The summed E-state index contributed by atoms with van der Waals surface area (Å²) in [5, 5.41) is 12.5. The molecule has 1 aliphatic rings. The summed E-state index contributed by atoms with van der Waals surface area (Å²) in [5.41, 5.74) is 12.0. The number of nitrogens with zero attached hydrogens (tertiary/aromatic N) is 1. The number of hydrogen-bond donors (Lipinski definition) is 4. The predicted molar refractivity (Wildman–Crippen MR) is 140 cm³/mol. The van der Waals surface area contributed by atoms with Crippen LogP contribution in [0.3, 0.4) is 0 Å². The number of benzene rings is 2. The Morgan fingerprint density at radius 1 is 1.03 bits per heavy atom. The fourth-order valence-electron chi connectivity index (χ4n) is 4.15. The second-order valence-corrected chi connectivity index (χ2v) is 9.64. The molecule has 1 aromatic heterocycles. The highest BCUT2D eigenvalue weighted by Crippen LogP contribution is 2.26. The Morgan fingerprint density at radius 2 is 1.79 bits per heavy atom. The molecule has 0 bridgehead atoms. The molecule has 0 aliphatic heterocycles. The Kier molecular flexibility index (Phi) is 7.49. The van der Waals surface area contributed by atoms with Crippen LogP contribution >= 0.6 is 11.3 Å². The second kappa shape index (κ2) is 10.7. The summed E-state index contributed by atoms with van der Waals surface area (Å²) in [6.45, 7) is 0.809. The lowest BCUT2D eigenvalue weighted by Gasteiger charge is -2.22. The molecule has 2 aromatic carbocycles. The standard InChI is InChI=1S/C26H31N5O2S/c1-31(2)13-12-23(30-26(33)28-21-11-10-17-4-3-5-20(17)14-21)18-6-8-19(9-7-18)25(32)29-24-16-34-15-22(24)27/h6-11,14-16,23H,3-5,12-13,27H2,1-2H3,(H,29,32)(H2,28,30,33). The van der Waals surface area contributed by atoms with E-state index >= 15 is 0 Å². The Labute approximate surface area is 204 Å². The molecule has 1 heterocycles. The lowest BCUT2D eigenvalue weighted by atomic mass is 10.0. The molecule has 0 radical (unpaired) electrons. The number of rotatable bonds is 8. The first-order chi connectivity index (χ1) is 16.4. The lowest BCUT2D eigenvalue weighted by molar-refractivity contribution is 0.102. The van der Waals surface area contributed by atoms with Gasteiger partial charge in [-0.15, -0.1) is 11.3 Å². The van der Waals surface area contributed by atoms with Crippen LogP contribution in [0.4, 0.5) is 21.9 Å². The Balaban J connectivity index is 1.43. The molecule has 1 aliphatic carbocycles. The third-order valence-corrected chi connectivity index (χ3v) is 6.80. The summed E-state index contributed by atoms with van der Waals surface area (Å²) in [7, 11) is 4.01. The monoisotopic (exact) mass is 477 g/mol. The number of anilines is 3. The molecule has 0 fully saturated rings. The van der Waals surface area contributed by atoms with Gasteiger partial charge in [0, 0.05) is 22.0 Å². The van der Waals surface area contributed by atoms with E-state index in [-0.39, 0.29) is 18.0 Å². The van der Waals surface area contributed by atoms with Crippen molar-refractivity contribution < 1.29 is 9.59 Å². The SMILES string of the molecule is CN(C)CCC(NC(=O)Nc1ccc2c(c1)CCC2)c1ccc(C(=O)Nc2cscc2N)cc1. The summed E-state index contributed by atoms with van der Waals surface area (Å²) >= 11 is 1.44. The third kappa shape index (κ3) is 5.95. The molecule has 5 N–H and O–H groups in total. The maximum atomic E-state index is 12.8. The molecule has 1 unspecified atom stereocenters. The average molecular weight is 478 g/mol. The Bertz CT molecular complexity index is 1160. The first-order valence-corrected chi connectivity index (χ1v) is 12.4. The quantitative estimate of drug-likeness (QED) is 0.371. The predicted octanol–water partition coefficient (Wildman–Crippen LogP) is 4.89. The minimum Gasteiger partial charge on any atom is -0.396 e. The highest BCUT2D eigenvalue weighted by Gasteiger charge is 2.17. The largest absolute Gasteiger partial charge is 0.396 e. The van der Waals surface area contributed by atoms with E-state index in [9.17, 15) is 9.59 Å². The molecule has 34 heavy (non-hydrogen) atoms. The molecule has 0 saturated carbocycles. The minimum absolute atomic E-state index is 0.193. The van der Waals surface area contributed by atoms with Gasteiger partial charge >= 0.3 is 6.03 Å². The fourth-order valence-corrected chi connectivity index (χ4v) is 4.83. The van der Waals surface area contributed by atoms with E-state index in [0.29, 0.717) is 16.9 Å². The van der Waals surface area contributed by atoms with Crippen molar-refractivity contribution in [3.05, 3.63) is 75.5 Å². The third-order valence-electron chi connectivity index (χ3n) is 6.04. The van der Waals surface area contributed by atoms with Gasteiger partial charge in [-0.1, -0.05) is 18.2 Å². The van der Waals surface area contributed by atoms with E-state index in [4.69, 9.17) is 5.73 Å². The number of nitrogen functional groups attached to an aromatic ring is 1. The highest BCUT2D eigenvalue weighted by molar-refractivity contribution is 7.09. The number of nitrogens with two attached hydrogens (primary N) is 1. The molecule has 0 saturated heterocycles. The second-order valence-electron chi connectivity index (χ2n) is 8.90. The summed E-state index contributed by atoms with van der Waals surface area (Å²) in [6, 6.07) is 13.0. The first kappa shape index (κ1) is 23.8. The van der Waals surface area contributed by atoms with Crippen LogP contribution in [0.2, 0.25) is 0 Å². The van der Waals surface area contributed by atoms with Crippen LogP contribution in [-0.2, 0) is 12.8 Å². The van der Waals surface area contributed by atoms with Crippen LogP contribution in [-0.4, -0.2) is 37.5 Å². The fraction of sp³-hybridized carbons (Fsp3) is 0.308. The smallest absolute Gasteiger partial charge is 0.319 e. The van der Waals surface area contributed by atoms with Crippen molar-refractivity contribution in [1.29, 1.82) is 0 Å². The van der Waals surface area contributed by atoms with Gasteiger partial charge in [0.2, 0.25) is 0 Å². The molecule has 1 atom stereocenters. The van der Waals surface area contributed by atoms with Crippen molar-refractivity contribution in [2.75, 3.05) is 37.0 Å². The normalized spacial score (nSPS) is 13.4. The van der Waals surface area contributed by atoms with Gasteiger partial charge in [-0.2, -0.15) is 0 Å².